The zero-order valence-corrected chi connectivity index (χ0v) is 14.1. The molecule has 1 N–H and O–H groups in total. The number of halogens is 4. The van der Waals surface area contributed by atoms with Crippen molar-refractivity contribution in [1.82, 2.24) is 10.2 Å². The Morgan fingerprint density at radius 2 is 1.92 bits per heavy atom. The molecule has 0 aromatic heterocycles. The Kier molecular flexibility index (Phi) is 5.84. The van der Waals surface area contributed by atoms with Gasteiger partial charge in [-0.05, 0) is 49.4 Å². The number of nitrogens with one attached hydrogen (secondary N) is 1. The minimum absolute atomic E-state index is 0.0192. The van der Waals surface area contributed by atoms with Gasteiger partial charge < -0.3 is 10.1 Å². The quantitative estimate of drug-likeness (QED) is 0.708. The fourth-order valence-electron chi connectivity index (χ4n) is 3.46. The van der Waals surface area contributed by atoms with Crippen molar-refractivity contribution in [1.29, 1.82) is 0 Å². The van der Waals surface area contributed by atoms with Crippen molar-refractivity contribution in [2.24, 2.45) is 5.92 Å². The average Bonchev–Trinajstić information content (AvgIpc) is 3.36. The molecule has 1 aromatic rings. The Morgan fingerprint density at radius 1 is 1.20 bits per heavy atom. The number of ether oxygens (including phenoxy) is 1. The summed E-state index contributed by atoms with van der Waals surface area (Å²) in [5.74, 6) is -1.91. The van der Waals surface area contributed by atoms with Crippen LogP contribution in [0.1, 0.15) is 37.3 Å². The molecule has 1 aliphatic heterocycles. The van der Waals surface area contributed by atoms with Crippen molar-refractivity contribution in [3.8, 4) is 5.75 Å². The Labute approximate surface area is 145 Å². The lowest BCUT2D eigenvalue weighted by Gasteiger charge is -2.32. The lowest BCUT2D eigenvalue weighted by molar-refractivity contribution is -0.0635. The van der Waals surface area contributed by atoms with Crippen molar-refractivity contribution in [3.63, 3.8) is 0 Å². The Balaban J connectivity index is 1.51. The maximum Gasteiger partial charge on any atom is 0.387 e. The van der Waals surface area contributed by atoms with Gasteiger partial charge >= 0.3 is 6.61 Å². The van der Waals surface area contributed by atoms with Gasteiger partial charge in [-0.15, -0.1) is 0 Å². The largest absolute Gasteiger partial charge is 0.435 e. The first-order valence-corrected chi connectivity index (χ1v) is 8.81. The summed E-state index contributed by atoms with van der Waals surface area (Å²) in [4.78, 5) is 1.81. The minimum Gasteiger partial charge on any atom is -0.435 e. The van der Waals surface area contributed by atoms with Crippen molar-refractivity contribution in [2.45, 2.75) is 44.3 Å². The van der Waals surface area contributed by atoms with E-state index in [-0.39, 0.29) is 24.8 Å². The van der Waals surface area contributed by atoms with Gasteiger partial charge in [0.25, 0.3) is 5.92 Å². The molecule has 0 spiro atoms. The van der Waals surface area contributed by atoms with Crippen LogP contribution in [0.4, 0.5) is 17.6 Å². The zero-order valence-electron chi connectivity index (χ0n) is 14.1. The number of hydrogen-bond acceptors (Lipinski definition) is 3. The van der Waals surface area contributed by atoms with E-state index in [0.717, 1.165) is 18.4 Å². The van der Waals surface area contributed by atoms with E-state index in [0.29, 0.717) is 32.0 Å². The van der Waals surface area contributed by atoms with Crippen LogP contribution in [0, 0.1) is 5.92 Å². The van der Waals surface area contributed by atoms with Crippen LogP contribution in [0.2, 0.25) is 0 Å². The van der Waals surface area contributed by atoms with Gasteiger partial charge in [0.15, 0.2) is 0 Å². The van der Waals surface area contributed by atoms with Gasteiger partial charge in [0.1, 0.15) is 5.75 Å². The first-order chi connectivity index (χ1) is 11.9. The van der Waals surface area contributed by atoms with Crippen LogP contribution in [0.25, 0.3) is 0 Å². The van der Waals surface area contributed by atoms with Crippen molar-refractivity contribution < 1.29 is 22.3 Å². The summed E-state index contributed by atoms with van der Waals surface area (Å²) in [6.07, 6.45) is 2.75. The second kappa shape index (κ2) is 7.91. The second-order valence-electron chi connectivity index (χ2n) is 6.95. The van der Waals surface area contributed by atoms with E-state index in [1.165, 1.54) is 0 Å². The second-order valence-corrected chi connectivity index (χ2v) is 6.95. The van der Waals surface area contributed by atoms with E-state index >= 15 is 0 Å². The van der Waals surface area contributed by atoms with Gasteiger partial charge in [0.2, 0.25) is 0 Å². The van der Waals surface area contributed by atoms with E-state index in [1.54, 1.807) is 29.2 Å². The van der Waals surface area contributed by atoms with Gasteiger partial charge in [-0.1, -0.05) is 12.1 Å². The first kappa shape index (κ1) is 18.5. The summed E-state index contributed by atoms with van der Waals surface area (Å²) < 4.78 is 55.7. The number of likely N-dealkylation sites (tertiary alicyclic amines) is 1. The zero-order chi connectivity index (χ0) is 17.9. The average molecular weight is 360 g/mol. The number of rotatable bonds is 8. The highest BCUT2D eigenvalue weighted by atomic mass is 19.3. The topological polar surface area (TPSA) is 24.5 Å². The maximum atomic E-state index is 13.4. The van der Waals surface area contributed by atoms with E-state index in [4.69, 9.17) is 0 Å². The molecule has 1 heterocycles. The molecule has 1 aromatic carbocycles. The van der Waals surface area contributed by atoms with Crippen LogP contribution in [0.15, 0.2) is 24.3 Å². The molecule has 1 saturated heterocycles. The molecule has 1 atom stereocenters. The van der Waals surface area contributed by atoms with Crippen LogP contribution in [0.5, 0.6) is 5.75 Å². The smallest absolute Gasteiger partial charge is 0.387 e. The van der Waals surface area contributed by atoms with Gasteiger partial charge in [-0.2, -0.15) is 8.78 Å². The Bertz CT molecular complexity index is 549. The molecule has 3 nitrogen and oxygen atoms in total. The van der Waals surface area contributed by atoms with Crippen LogP contribution in [0.3, 0.4) is 0 Å². The summed E-state index contributed by atoms with van der Waals surface area (Å²) in [5.41, 5.74) is 1.02. The number of alkyl halides is 4. The van der Waals surface area contributed by atoms with E-state index in [1.807, 2.05) is 0 Å². The Hall–Kier alpha value is -1.34. The van der Waals surface area contributed by atoms with Gasteiger partial charge in [-0.3, -0.25) is 4.90 Å². The molecule has 1 unspecified atom stereocenters. The number of piperidine rings is 1. The molecule has 140 valence electrons. The molecule has 25 heavy (non-hydrogen) atoms. The van der Waals surface area contributed by atoms with E-state index in [9.17, 15) is 17.6 Å². The van der Waals surface area contributed by atoms with Crippen LogP contribution >= 0.6 is 0 Å². The SMILES string of the molecule is FC(F)Oc1ccc(C(NCCN2CCCC(F)(F)C2)C2CC2)cc1. The van der Waals surface area contributed by atoms with Crippen molar-refractivity contribution in [2.75, 3.05) is 26.2 Å². The number of benzene rings is 1. The molecule has 1 saturated carbocycles. The number of nitrogens with zero attached hydrogens (tertiary/aromatic N) is 1. The lowest BCUT2D eigenvalue weighted by Crippen LogP contribution is -2.45. The third kappa shape index (κ3) is 5.57. The molecule has 0 amide bonds. The molecule has 0 radical (unpaired) electrons. The molecule has 2 aliphatic rings. The predicted octanol–water partition coefficient (Wildman–Crippen LogP) is 4.06. The highest BCUT2D eigenvalue weighted by molar-refractivity contribution is 5.30. The van der Waals surface area contributed by atoms with Gasteiger partial charge in [-0.25, -0.2) is 8.78 Å². The van der Waals surface area contributed by atoms with Gasteiger partial charge in [0.05, 0.1) is 6.54 Å². The summed E-state index contributed by atoms with van der Waals surface area (Å²) in [6.45, 7) is -1.06. The first-order valence-electron chi connectivity index (χ1n) is 8.81. The van der Waals surface area contributed by atoms with Gasteiger partial charge in [0, 0.05) is 25.6 Å². The molecule has 0 bridgehead atoms. The van der Waals surface area contributed by atoms with E-state index in [2.05, 4.69) is 10.1 Å². The summed E-state index contributed by atoms with van der Waals surface area (Å²) >= 11 is 0. The standard InChI is InChI=1S/C18H24F4N2O/c19-17(20)25-15-6-4-14(5-7-15)16(13-2-3-13)23-9-11-24-10-1-8-18(21,22)12-24/h4-7,13,16-17,23H,1-3,8-12H2. The normalized spacial score (nSPS) is 22.1. The number of hydrogen-bond donors (Lipinski definition) is 1. The lowest BCUT2D eigenvalue weighted by atomic mass is 10.0. The fourth-order valence-corrected chi connectivity index (χ4v) is 3.46. The Morgan fingerprint density at radius 3 is 2.52 bits per heavy atom. The third-order valence-corrected chi connectivity index (χ3v) is 4.82. The summed E-state index contributed by atoms with van der Waals surface area (Å²) in [5, 5.41) is 3.46. The highest BCUT2D eigenvalue weighted by Crippen LogP contribution is 2.41. The fraction of sp³-hybridized carbons (Fsp3) is 0.667. The predicted molar refractivity (Wildman–Crippen MR) is 87.2 cm³/mol. The summed E-state index contributed by atoms with van der Waals surface area (Å²) in [6, 6.07) is 6.81. The maximum absolute atomic E-state index is 13.4. The van der Waals surface area contributed by atoms with Crippen LogP contribution in [-0.2, 0) is 0 Å². The van der Waals surface area contributed by atoms with E-state index < -0.39 is 12.5 Å². The molecular formula is C18H24F4N2O. The molecule has 3 rings (SSSR count). The van der Waals surface area contributed by atoms with Crippen LogP contribution < -0.4 is 10.1 Å². The highest BCUT2D eigenvalue weighted by Gasteiger charge is 2.35. The molecule has 2 fully saturated rings. The van der Waals surface area contributed by atoms with Crippen molar-refractivity contribution in [3.05, 3.63) is 29.8 Å². The minimum atomic E-state index is -2.83. The monoisotopic (exact) mass is 360 g/mol. The molecule has 1 aliphatic carbocycles. The summed E-state index contributed by atoms with van der Waals surface area (Å²) in [7, 11) is 0. The third-order valence-electron chi connectivity index (χ3n) is 4.82. The van der Waals surface area contributed by atoms with Crippen LogP contribution in [-0.4, -0.2) is 43.6 Å². The molecule has 7 heteroatoms. The molecular weight excluding hydrogens is 336 g/mol. The van der Waals surface area contributed by atoms with Crippen molar-refractivity contribution >= 4 is 0 Å².